The summed E-state index contributed by atoms with van der Waals surface area (Å²) in [5.74, 6) is 0.675. The first-order chi connectivity index (χ1) is 11.2. The number of hydrogen-bond donors (Lipinski definition) is 1. The van der Waals surface area contributed by atoms with Crippen molar-refractivity contribution in [1.82, 2.24) is 15.2 Å². The zero-order valence-corrected chi connectivity index (χ0v) is 13.7. The van der Waals surface area contributed by atoms with Crippen molar-refractivity contribution in [2.24, 2.45) is 0 Å². The molecule has 23 heavy (non-hydrogen) atoms. The van der Waals surface area contributed by atoms with Crippen LogP contribution in [0.2, 0.25) is 0 Å². The third-order valence-electron chi connectivity index (χ3n) is 4.36. The van der Waals surface area contributed by atoms with Gasteiger partial charge in [0.05, 0.1) is 12.7 Å². The van der Waals surface area contributed by atoms with E-state index in [2.05, 4.69) is 10.3 Å². The van der Waals surface area contributed by atoms with E-state index < -0.39 is 0 Å². The van der Waals surface area contributed by atoms with Crippen molar-refractivity contribution in [3.8, 4) is 5.88 Å². The van der Waals surface area contributed by atoms with E-state index in [9.17, 15) is 4.79 Å². The lowest BCUT2D eigenvalue weighted by molar-refractivity contribution is -0.00351. The van der Waals surface area contributed by atoms with Gasteiger partial charge in [-0.15, -0.1) is 0 Å². The van der Waals surface area contributed by atoms with Gasteiger partial charge in [0.1, 0.15) is 6.10 Å². The van der Waals surface area contributed by atoms with Crippen molar-refractivity contribution in [2.75, 3.05) is 19.7 Å². The molecule has 6 heteroatoms. The van der Waals surface area contributed by atoms with E-state index in [0.717, 1.165) is 18.4 Å². The van der Waals surface area contributed by atoms with Crippen molar-refractivity contribution in [2.45, 2.75) is 51.4 Å². The first-order valence-electron chi connectivity index (χ1n) is 8.46. The van der Waals surface area contributed by atoms with E-state index in [0.29, 0.717) is 38.2 Å². The summed E-state index contributed by atoms with van der Waals surface area (Å²) in [5.41, 5.74) is 0.971. The summed E-state index contributed by atoms with van der Waals surface area (Å²) >= 11 is 0. The molecule has 1 aliphatic heterocycles. The Morgan fingerprint density at radius 1 is 1.43 bits per heavy atom. The molecule has 1 aliphatic carbocycles. The van der Waals surface area contributed by atoms with Gasteiger partial charge in [-0.25, -0.2) is 9.78 Å². The van der Waals surface area contributed by atoms with Crippen LogP contribution in [0.3, 0.4) is 0 Å². The van der Waals surface area contributed by atoms with E-state index >= 15 is 0 Å². The third kappa shape index (κ3) is 4.58. The maximum absolute atomic E-state index is 12.1. The zero-order valence-electron chi connectivity index (χ0n) is 13.7. The molecule has 126 valence electrons. The second kappa shape index (κ2) is 7.64. The summed E-state index contributed by atoms with van der Waals surface area (Å²) in [6, 6.07) is 3.79. The second-order valence-electron chi connectivity index (χ2n) is 6.32. The predicted molar refractivity (Wildman–Crippen MR) is 86.3 cm³/mol. The summed E-state index contributed by atoms with van der Waals surface area (Å²) in [4.78, 5) is 18.3. The highest BCUT2D eigenvalue weighted by molar-refractivity contribution is 5.74. The first-order valence-corrected chi connectivity index (χ1v) is 8.46. The van der Waals surface area contributed by atoms with Gasteiger partial charge in [0.2, 0.25) is 5.88 Å². The van der Waals surface area contributed by atoms with E-state index in [-0.39, 0.29) is 12.1 Å². The molecule has 1 aromatic rings. The molecule has 0 radical (unpaired) electrons. The Hall–Kier alpha value is -1.82. The standard InChI is InChI=1S/C17H25N3O3/c1-13-12-20(8-9-22-13)17(21)19-11-14-6-7-16(18-10-14)23-15-4-2-3-5-15/h6-7,10,13,15H,2-5,8-9,11-12H2,1H3,(H,19,21)/t13-/m1/s1. The van der Waals surface area contributed by atoms with Gasteiger partial charge in [0.15, 0.2) is 0 Å². The largest absolute Gasteiger partial charge is 0.474 e. The first kappa shape index (κ1) is 16.1. The minimum Gasteiger partial charge on any atom is -0.474 e. The highest BCUT2D eigenvalue weighted by Crippen LogP contribution is 2.22. The Bertz CT molecular complexity index is 514. The molecule has 0 bridgehead atoms. The van der Waals surface area contributed by atoms with Crippen LogP contribution in [-0.2, 0) is 11.3 Å². The van der Waals surface area contributed by atoms with Gasteiger partial charge in [0, 0.05) is 31.9 Å². The fourth-order valence-electron chi connectivity index (χ4n) is 3.05. The maximum Gasteiger partial charge on any atom is 0.317 e. The summed E-state index contributed by atoms with van der Waals surface area (Å²) < 4.78 is 11.3. The fourth-order valence-corrected chi connectivity index (χ4v) is 3.05. The number of nitrogens with zero attached hydrogens (tertiary/aromatic N) is 2. The molecule has 2 fully saturated rings. The van der Waals surface area contributed by atoms with Gasteiger partial charge >= 0.3 is 6.03 Å². The molecule has 1 saturated heterocycles. The molecule has 0 unspecified atom stereocenters. The van der Waals surface area contributed by atoms with Gasteiger partial charge in [-0.3, -0.25) is 0 Å². The van der Waals surface area contributed by atoms with Crippen LogP contribution in [0.25, 0.3) is 0 Å². The number of hydrogen-bond acceptors (Lipinski definition) is 4. The monoisotopic (exact) mass is 319 g/mol. The number of pyridine rings is 1. The normalized spacial score (nSPS) is 22.1. The van der Waals surface area contributed by atoms with Crippen LogP contribution in [-0.4, -0.2) is 47.8 Å². The summed E-state index contributed by atoms with van der Waals surface area (Å²) in [6.07, 6.45) is 6.92. The SMILES string of the molecule is C[C@@H]1CN(C(=O)NCc2ccc(OC3CCCC3)nc2)CCO1. The van der Waals surface area contributed by atoms with Crippen LogP contribution in [0.1, 0.15) is 38.2 Å². The average molecular weight is 319 g/mol. The zero-order chi connectivity index (χ0) is 16.1. The number of urea groups is 1. The molecule has 1 N–H and O–H groups in total. The highest BCUT2D eigenvalue weighted by atomic mass is 16.5. The third-order valence-corrected chi connectivity index (χ3v) is 4.36. The maximum atomic E-state index is 12.1. The number of rotatable bonds is 4. The minimum absolute atomic E-state index is 0.0496. The molecular formula is C17H25N3O3. The molecule has 1 saturated carbocycles. The quantitative estimate of drug-likeness (QED) is 0.925. The van der Waals surface area contributed by atoms with Crippen LogP contribution in [0.4, 0.5) is 4.79 Å². The van der Waals surface area contributed by atoms with Gasteiger partial charge in [-0.1, -0.05) is 6.07 Å². The van der Waals surface area contributed by atoms with Crippen LogP contribution < -0.4 is 10.1 Å². The lowest BCUT2D eigenvalue weighted by atomic mass is 10.2. The van der Waals surface area contributed by atoms with Gasteiger partial charge < -0.3 is 19.7 Å². The number of ether oxygens (including phenoxy) is 2. The number of aromatic nitrogens is 1. The Morgan fingerprint density at radius 3 is 2.96 bits per heavy atom. The Kier molecular flexibility index (Phi) is 5.33. The number of morpholine rings is 1. The molecule has 2 aliphatic rings. The van der Waals surface area contributed by atoms with Crippen molar-refractivity contribution in [1.29, 1.82) is 0 Å². The van der Waals surface area contributed by atoms with Gasteiger partial charge in [-0.05, 0) is 38.2 Å². The summed E-state index contributed by atoms with van der Waals surface area (Å²) in [7, 11) is 0. The number of amides is 2. The average Bonchev–Trinajstić information content (AvgIpc) is 3.07. The van der Waals surface area contributed by atoms with E-state index in [4.69, 9.17) is 9.47 Å². The lowest BCUT2D eigenvalue weighted by Gasteiger charge is -2.31. The number of carbonyl (C=O) groups is 1. The predicted octanol–water partition coefficient (Wildman–Crippen LogP) is 2.33. The van der Waals surface area contributed by atoms with Crippen molar-refractivity contribution in [3.05, 3.63) is 23.9 Å². The lowest BCUT2D eigenvalue weighted by Crippen LogP contribution is -2.48. The Labute approximate surface area is 137 Å². The molecule has 3 rings (SSSR count). The summed E-state index contributed by atoms with van der Waals surface area (Å²) in [5, 5.41) is 2.93. The molecular weight excluding hydrogens is 294 g/mol. The molecule has 0 aromatic carbocycles. The second-order valence-corrected chi connectivity index (χ2v) is 6.32. The van der Waals surface area contributed by atoms with E-state index in [1.165, 1.54) is 12.8 Å². The van der Waals surface area contributed by atoms with Crippen LogP contribution in [0.15, 0.2) is 18.3 Å². The van der Waals surface area contributed by atoms with Crippen LogP contribution in [0.5, 0.6) is 5.88 Å². The molecule has 0 spiro atoms. The smallest absolute Gasteiger partial charge is 0.317 e. The molecule has 6 nitrogen and oxygen atoms in total. The molecule has 1 atom stereocenters. The minimum atomic E-state index is -0.0496. The Balaban J connectivity index is 1.45. The van der Waals surface area contributed by atoms with Gasteiger partial charge in [-0.2, -0.15) is 0 Å². The van der Waals surface area contributed by atoms with Crippen molar-refractivity contribution < 1.29 is 14.3 Å². The van der Waals surface area contributed by atoms with Crippen LogP contribution in [0, 0.1) is 0 Å². The summed E-state index contributed by atoms with van der Waals surface area (Å²) in [6.45, 7) is 4.33. The van der Waals surface area contributed by atoms with Crippen molar-refractivity contribution >= 4 is 6.03 Å². The molecule has 2 amide bonds. The molecule has 1 aromatic heterocycles. The van der Waals surface area contributed by atoms with Crippen LogP contribution >= 0.6 is 0 Å². The highest BCUT2D eigenvalue weighted by Gasteiger charge is 2.21. The van der Waals surface area contributed by atoms with Gasteiger partial charge in [0.25, 0.3) is 0 Å². The van der Waals surface area contributed by atoms with E-state index in [1.54, 1.807) is 11.1 Å². The topological polar surface area (TPSA) is 63.7 Å². The number of nitrogens with one attached hydrogen (secondary N) is 1. The Morgan fingerprint density at radius 2 is 2.26 bits per heavy atom. The number of carbonyl (C=O) groups excluding carboxylic acids is 1. The van der Waals surface area contributed by atoms with E-state index in [1.807, 2.05) is 19.1 Å². The fraction of sp³-hybridized carbons (Fsp3) is 0.647. The van der Waals surface area contributed by atoms with Crippen molar-refractivity contribution in [3.63, 3.8) is 0 Å². The molecule has 2 heterocycles.